The third kappa shape index (κ3) is 5.27. The van der Waals surface area contributed by atoms with Gasteiger partial charge in [-0.1, -0.05) is 30.3 Å². The van der Waals surface area contributed by atoms with Gasteiger partial charge in [0, 0.05) is 44.5 Å². The minimum absolute atomic E-state index is 0.0454. The van der Waals surface area contributed by atoms with Crippen molar-refractivity contribution < 1.29 is 19.0 Å². The molecule has 3 aromatic rings. The Morgan fingerprint density at radius 1 is 1.09 bits per heavy atom. The summed E-state index contributed by atoms with van der Waals surface area (Å²) in [6.45, 7) is 1.20. The first kappa shape index (κ1) is 24.6. The molecule has 0 unspecified atom stereocenters. The lowest BCUT2D eigenvalue weighted by Crippen LogP contribution is -2.35. The Bertz CT molecular complexity index is 1150. The molecule has 2 aromatic carbocycles. The van der Waals surface area contributed by atoms with E-state index in [0.29, 0.717) is 36.0 Å². The molecular weight excluding hydrogens is 444 g/mol. The van der Waals surface area contributed by atoms with Gasteiger partial charge in [0.1, 0.15) is 0 Å². The van der Waals surface area contributed by atoms with Gasteiger partial charge in [0.05, 0.1) is 21.3 Å². The van der Waals surface area contributed by atoms with Gasteiger partial charge in [-0.15, -0.1) is 0 Å². The predicted octanol–water partition coefficient (Wildman–Crippen LogP) is 3.37. The average Bonchev–Trinajstić information content (AvgIpc) is 3.22. The van der Waals surface area contributed by atoms with Crippen LogP contribution in [-0.4, -0.2) is 55.0 Å². The highest BCUT2D eigenvalue weighted by atomic mass is 16.5. The van der Waals surface area contributed by atoms with E-state index in [1.54, 1.807) is 26.2 Å². The van der Waals surface area contributed by atoms with Gasteiger partial charge >= 0.3 is 0 Å². The van der Waals surface area contributed by atoms with Crippen molar-refractivity contribution in [2.24, 2.45) is 7.05 Å². The van der Waals surface area contributed by atoms with Crippen molar-refractivity contribution >= 4 is 5.91 Å². The molecular formula is C27H34N4O4. The van der Waals surface area contributed by atoms with E-state index in [0.717, 1.165) is 41.6 Å². The number of methoxy groups -OCH3 is 3. The Balaban J connectivity index is 1.47. The third-order valence-corrected chi connectivity index (χ3v) is 6.59. The van der Waals surface area contributed by atoms with Crippen LogP contribution in [0.2, 0.25) is 0 Å². The molecule has 1 aliphatic carbocycles. The van der Waals surface area contributed by atoms with Crippen LogP contribution in [0.4, 0.5) is 0 Å². The van der Waals surface area contributed by atoms with Crippen LogP contribution in [0.3, 0.4) is 0 Å². The predicted molar refractivity (Wildman–Crippen MR) is 134 cm³/mol. The highest BCUT2D eigenvalue weighted by Crippen LogP contribution is 2.38. The molecule has 0 bridgehead atoms. The van der Waals surface area contributed by atoms with Crippen LogP contribution >= 0.6 is 0 Å². The molecule has 0 aliphatic heterocycles. The first-order chi connectivity index (χ1) is 16.9. The first-order valence-electron chi connectivity index (χ1n) is 11.8. The fourth-order valence-electron chi connectivity index (χ4n) is 4.74. The number of carbonyl (C=O) groups excluding carboxylic acids is 1. The van der Waals surface area contributed by atoms with Crippen molar-refractivity contribution in [3.8, 4) is 17.2 Å². The number of hydrogen-bond acceptors (Lipinski definition) is 6. The molecule has 4 rings (SSSR count). The summed E-state index contributed by atoms with van der Waals surface area (Å²) >= 11 is 0. The van der Waals surface area contributed by atoms with Gasteiger partial charge in [-0.05, 0) is 42.5 Å². The van der Waals surface area contributed by atoms with Crippen molar-refractivity contribution in [2.75, 3.05) is 28.4 Å². The maximum absolute atomic E-state index is 13.3. The third-order valence-electron chi connectivity index (χ3n) is 6.59. The molecule has 1 atom stereocenters. The topological polar surface area (TPSA) is 77.9 Å². The minimum Gasteiger partial charge on any atom is -0.493 e. The molecule has 1 amide bonds. The highest BCUT2D eigenvalue weighted by Gasteiger charge is 2.29. The van der Waals surface area contributed by atoms with Gasteiger partial charge in [-0.3, -0.25) is 9.48 Å². The Kier molecular flexibility index (Phi) is 7.60. The molecule has 0 spiro atoms. The Morgan fingerprint density at radius 2 is 1.77 bits per heavy atom. The summed E-state index contributed by atoms with van der Waals surface area (Å²) in [7, 11) is 8.59. The van der Waals surface area contributed by atoms with Crippen LogP contribution in [0.25, 0.3) is 0 Å². The molecule has 8 nitrogen and oxygen atoms in total. The summed E-state index contributed by atoms with van der Waals surface area (Å²) in [6, 6.07) is 14.2. The van der Waals surface area contributed by atoms with Crippen molar-refractivity contribution in [1.29, 1.82) is 0 Å². The zero-order valence-electron chi connectivity index (χ0n) is 21.1. The number of aromatic nitrogens is 2. The number of benzene rings is 2. The maximum Gasteiger partial charge on any atom is 0.274 e. The molecule has 0 saturated heterocycles. The Morgan fingerprint density at radius 3 is 2.40 bits per heavy atom. The van der Waals surface area contributed by atoms with E-state index in [1.165, 1.54) is 0 Å². The molecule has 35 heavy (non-hydrogen) atoms. The lowest BCUT2D eigenvalue weighted by molar-refractivity contribution is 0.0777. The van der Waals surface area contributed by atoms with E-state index in [1.807, 2.05) is 61.2 Å². The normalized spacial score (nSPS) is 14.8. The summed E-state index contributed by atoms with van der Waals surface area (Å²) in [5.41, 5.74) is 4.88. The number of carbonyl (C=O) groups is 1. The van der Waals surface area contributed by atoms with E-state index >= 15 is 0 Å². The molecule has 0 saturated carbocycles. The van der Waals surface area contributed by atoms with Crippen LogP contribution in [0.15, 0.2) is 42.5 Å². The van der Waals surface area contributed by atoms with Gasteiger partial charge in [0.15, 0.2) is 17.2 Å². The highest BCUT2D eigenvalue weighted by molar-refractivity contribution is 5.94. The lowest BCUT2D eigenvalue weighted by Gasteiger charge is -2.25. The standard InChI is InChI=1S/C27H34N4O4/c1-30(17-18-9-7-6-8-10-18)27(32)25-21-15-20(11-12-22(21)31(2)29-25)28-16-19-13-23(33-3)26(35-5)24(14-19)34-4/h6-10,13-14,20,28H,11-12,15-17H2,1-5H3/t20-/m0/s1. The molecule has 1 heterocycles. The van der Waals surface area contributed by atoms with Crippen LogP contribution in [0, 0.1) is 0 Å². The fraction of sp³-hybridized carbons (Fsp3) is 0.407. The van der Waals surface area contributed by atoms with Crippen LogP contribution < -0.4 is 19.5 Å². The molecule has 186 valence electrons. The van der Waals surface area contributed by atoms with Gasteiger partial charge < -0.3 is 24.4 Å². The number of fused-ring (bicyclic) bond motifs is 1. The Labute approximate surface area is 206 Å². The maximum atomic E-state index is 13.3. The van der Waals surface area contributed by atoms with E-state index < -0.39 is 0 Å². The van der Waals surface area contributed by atoms with Crippen molar-refractivity contribution in [2.45, 2.75) is 38.4 Å². The number of rotatable bonds is 9. The zero-order valence-corrected chi connectivity index (χ0v) is 21.1. The zero-order chi connectivity index (χ0) is 24.9. The number of amides is 1. The monoisotopic (exact) mass is 478 g/mol. The number of aryl methyl sites for hydroxylation is 1. The van der Waals surface area contributed by atoms with E-state index in [4.69, 9.17) is 14.2 Å². The molecule has 1 N–H and O–H groups in total. The summed E-state index contributed by atoms with van der Waals surface area (Å²) < 4.78 is 18.3. The van der Waals surface area contributed by atoms with Crippen LogP contribution in [0.5, 0.6) is 17.2 Å². The van der Waals surface area contributed by atoms with Gasteiger partial charge in [0.25, 0.3) is 5.91 Å². The molecule has 1 aromatic heterocycles. The van der Waals surface area contributed by atoms with Gasteiger partial charge in [-0.25, -0.2) is 0 Å². The second-order valence-corrected chi connectivity index (χ2v) is 8.90. The smallest absolute Gasteiger partial charge is 0.274 e. The first-order valence-corrected chi connectivity index (χ1v) is 11.8. The summed E-state index contributed by atoms with van der Waals surface area (Å²) in [5, 5.41) is 8.27. The van der Waals surface area contributed by atoms with E-state index in [2.05, 4.69) is 10.4 Å². The van der Waals surface area contributed by atoms with Crippen LogP contribution in [-0.2, 0) is 33.0 Å². The molecule has 1 aliphatic rings. The van der Waals surface area contributed by atoms with Crippen molar-refractivity contribution in [3.63, 3.8) is 0 Å². The molecule has 0 radical (unpaired) electrons. The second-order valence-electron chi connectivity index (χ2n) is 8.90. The molecule has 0 fully saturated rings. The SMILES string of the molecule is COc1cc(CN[C@H]2CCc3c(c(C(=O)N(C)Cc4ccccc4)nn3C)C2)cc(OC)c1OC. The minimum atomic E-state index is -0.0454. The number of nitrogens with zero attached hydrogens (tertiary/aromatic N) is 3. The molecule has 8 heteroatoms. The largest absolute Gasteiger partial charge is 0.493 e. The van der Waals surface area contributed by atoms with Crippen molar-refractivity contribution in [3.05, 3.63) is 70.5 Å². The van der Waals surface area contributed by atoms with E-state index in [9.17, 15) is 4.79 Å². The van der Waals surface area contributed by atoms with Gasteiger partial charge in [0.2, 0.25) is 5.75 Å². The summed E-state index contributed by atoms with van der Waals surface area (Å²) in [4.78, 5) is 15.1. The lowest BCUT2D eigenvalue weighted by atomic mass is 9.91. The van der Waals surface area contributed by atoms with Crippen LogP contribution in [0.1, 0.15) is 39.3 Å². The number of ether oxygens (including phenoxy) is 3. The van der Waals surface area contributed by atoms with Gasteiger partial charge in [-0.2, -0.15) is 5.10 Å². The number of hydrogen-bond donors (Lipinski definition) is 1. The fourth-order valence-corrected chi connectivity index (χ4v) is 4.74. The second kappa shape index (κ2) is 10.8. The quantitative estimate of drug-likeness (QED) is 0.508. The van der Waals surface area contributed by atoms with E-state index in [-0.39, 0.29) is 11.9 Å². The summed E-state index contributed by atoms with van der Waals surface area (Å²) in [6.07, 6.45) is 2.61. The number of nitrogens with one attached hydrogen (secondary N) is 1. The average molecular weight is 479 g/mol. The van der Waals surface area contributed by atoms with Crippen molar-refractivity contribution in [1.82, 2.24) is 20.0 Å². The Hall–Kier alpha value is -3.52. The summed E-state index contributed by atoms with van der Waals surface area (Å²) in [5.74, 6) is 1.81.